The molecule has 0 radical (unpaired) electrons. The Bertz CT molecular complexity index is 227. The van der Waals surface area contributed by atoms with E-state index in [0.29, 0.717) is 0 Å². The lowest BCUT2D eigenvalue weighted by Gasteiger charge is -2.33. The molecule has 0 atom stereocenters. The van der Waals surface area contributed by atoms with Crippen molar-refractivity contribution in [3.63, 3.8) is 0 Å². The summed E-state index contributed by atoms with van der Waals surface area (Å²) in [6, 6.07) is 1.31. The molecule has 0 bridgehead atoms. The molecule has 1 aliphatic heterocycles. The van der Waals surface area contributed by atoms with Gasteiger partial charge < -0.3 is 19.3 Å². The molecule has 114 valence electrons. The number of hydrogen-bond acceptors (Lipinski definition) is 4. The molecule has 4 nitrogen and oxygen atoms in total. The van der Waals surface area contributed by atoms with Crippen LogP contribution in [0.3, 0.4) is 0 Å². The molecule has 0 saturated carbocycles. The van der Waals surface area contributed by atoms with Crippen molar-refractivity contribution in [1.82, 2.24) is 9.80 Å². The van der Waals surface area contributed by atoms with Crippen LogP contribution in [0.25, 0.3) is 0 Å². The molecule has 1 saturated heterocycles. The van der Waals surface area contributed by atoms with Gasteiger partial charge in [0.2, 0.25) is 0 Å². The topological polar surface area (TPSA) is 24.9 Å². The second-order valence-corrected chi connectivity index (χ2v) is 8.09. The fraction of sp³-hybridized carbons (Fsp3) is 1.00. The van der Waals surface area contributed by atoms with E-state index in [-0.39, 0.29) is 14.9 Å². The molecule has 5 heteroatoms. The Morgan fingerprint density at radius 1 is 1.05 bits per heavy atom. The predicted molar refractivity (Wildman–Crippen MR) is 83.6 cm³/mol. The van der Waals surface area contributed by atoms with Crippen molar-refractivity contribution < 1.29 is 9.47 Å². The highest BCUT2D eigenvalue weighted by Crippen LogP contribution is 2.14. The molecule has 0 amide bonds. The largest absolute Gasteiger partial charge is 0.355 e. The van der Waals surface area contributed by atoms with E-state index >= 15 is 0 Å². The highest BCUT2D eigenvalue weighted by molar-refractivity contribution is 6.38. The van der Waals surface area contributed by atoms with Gasteiger partial charge >= 0.3 is 0 Å². The van der Waals surface area contributed by atoms with Crippen LogP contribution in [0.5, 0.6) is 0 Å². The Balaban J connectivity index is 2.14. The third kappa shape index (κ3) is 6.86. The van der Waals surface area contributed by atoms with Gasteiger partial charge in [0.1, 0.15) is 5.41 Å². The van der Waals surface area contributed by atoms with Crippen molar-refractivity contribution in [3.05, 3.63) is 0 Å². The summed E-state index contributed by atoms with van der Waals surface area (Å²) >= 11 is 0. The number of ether oxygens (including phenoxy) is 2. The van der Waals surface area contributed by atoms with Crippen LogP contribution in [-0.4, -0.2) is 77.7 Å². The molecule has 0 aromatic carbocycles. The molecule has 0 spiro atoms. The first-order chi connectivity index (χ1) is 9.09. The number of hydrogen-bond donors (Lipinski definition) is 0. The van der Waals surface area contributed by atoms with Gasteiger partial charge in [0.15, 0.2) is 0 Å². The Morgan fingerprint density at radius 3 is 2.16 bits per heavy atom. The monoisotopic (exact) mass is 288 g/mol. The molecule has 1 aliphatic rings. The average molecular weight is 289 g/mol. The molecule has 0 aromatic heterocycles. The first-order valence-corrected chi connectivity index (χ1v) is 9.49. The minimum Gasteiger partial charge on any atom is -0.355 e. The summed E-state index contributed by atoms with van der Waals surface area (Å²) in [6.45, 7) is 13.9. The number of likely N-dealkylation sites (N-methyl/N-ethyl adjacent to an activating group) is 1. The van der Waals surface area contributed by atoms with Crippen molar-refractivity contribution in [3.8, 4) is 0 Å². The molecular formula is C14H32N2O2Si. The second-order valence-electron chi connectivity index (χ2n) is 5.60. The van der Waals surface area contributed by atoms with Gasteiger partial charge in [-0.25, -0.2) is 0 Å². The fourth-order valence-corrected chi connectivity index (χ4v) is 4.46. The second kappa shape index (κ2) is 9.08. The third-order valence-electron chi connectivity index (χ3n) is 3.85. The minimum absolute atomic E-state index is 0.244. The van der Waals surface area contributed by atoms with Gasteiger partial charge in [-0.2, -0.15) is 0 Å². The zero-order valence-electron chi connectivity index (χ0n) is 13.3. The van der Waals surface area contributed by atoms with Crippen LogP contribution in [0, 0.1) is 0 Å². The van der Waals surface area contributed by atoms with Crippen LogP contribution < -0.4 is 0 Å². The summed E-state index contributed by atoms with van der Waals surface area (Å²) in [5.41, 5.74) is -0.244. The molecule has 1 fully saturated rings. The van der Waals surface area contributed by atoms with Gasteiger partial charge in [0.25, 0.3) is 0 Å². The summed E-state index contributed by atoms with van der Waals surface area (Å²) in [5, 5.41) is 0. The minimum atomic E-state index is -0.332. The van der Waals surface area contributed by atoms with E-state index in [2.05, 4.69) is 37.6 Å². The highest BCUT2D eigenvalue weighted by atomic mass is 28.2. The zero-order valence-corrected chi connectivity index (χ0v) is 14.7. The number of rotatable bonds is 9. The molecule has 19 heavy (non-hydrogen) atoms. The molecular weight excluding hydrogens is 256 g/mol. The Morgan fingerprint density at radius 2 is 1.63 bits per heavy atom. The standard InChI is InChI=1S/C14H32N2O2Si/c1-5-17-14(3,18-6-2)19-13-7-8-16-11-9-15(4)10-12-16/h5-13,19H2,1-4H3. The maximum atomic E-state index is 5.80. The third-order valence-corrected chi connectivity index (χ3v) is 6.02. The Kier molecular flexibility index (Phi) is 8.17. The Hall–Kier alpha value is 0.0569. The van der Waals surface area contributed by atoms with Crippen LogP contribution in [0.1, 0.15) is 27.2 Å². The number of piperazine rings is 1. The SMILES string of the molecule is CCOC(C)(OCC)[SiH2]CCCN1CCN(C)CC1. The maximum Gasteiger partial charge on any atom is 0.142 e. The van der Waals surface area contributed by atoms with Crippen molar-refractivity contribution in [2.24, 2.45) is 0 Å². The summed E-state index contributed by atoms with van der Waals surface area (Å²) in [6.07, 6.45) is 1.30. The Labute approximate surface area is 121 Å². The van der Waals surface area contributed by atoms with E-state index < -0.39 is 0 Å². The van der Waals surface area contributed by atoms with Gasteiger partial charge in [-0.1, -0.05) is 6.04 Å². The summed E-state index contributed by atoms with van der Waals surface area (Å²) in [7, 11) is 1.88. The van der Waals surface area contributed by atoms with Crippen LogP contribution in [0.2, 0.25) is 6.04 Å². The quantitative estimate of drug-likeness (QED) is 0.358. The molecule has 0 unspecified atom stereocenters. The van der Waals surface area contributed by atoms with Crippen molar-refractivity contribution in [1.29, 1.82) is 0 Å². The van der Waals surface area contributed by atoms with Crippen LogP contribution in [0.4, 0.5) is 0 Å². The first-order valence-electron chi connectivity index (χ1n) is 7.78. The van der Waals surface area contributed by atoms with E-state index in [0.717, 1.165) is 13.2 Å². The van der Waals surface area contributed by atoms with Gasteiger partial charge in [-0.3, -0.25) is 0 Å². The smallest absolute Gasteiger partial charge is 0.142 e. The predicted octanol–water partition coefficient (Wildman–Crippen LogP) is 0.958. The molecule has 0 aliphatic carbocycles. The summed E-state index contributed by atoms with van der Waals surface area (Å²) < 4.78 is 11.6. The van der Waals surface area contributed by atoms with Gasteiger partial charge in [0, 0.05) is 39.4 Å². The molecule has 1 heterocycles. The van der Waals surface area contributed by atoms with Crippen LogP contribution in [-0.2, 0) is 9.47 Å². The fourth-order valence-electron chi connectivity index (χ4n) is 2.65. The van der Waals surface area contributed by atoms with Crippen molar-refractivity contribution in [2.45, 2.75) is 38.6 Å². The van der Waals surface area contributed by atoms with Crippen LogP contribution >= 0.6 is 0 Å². The molecule has 0 aromatic rings. The first kappa shape index (κ1) is 17.1. The van der Waals surface area contributed by atoms with Crippen LogP contribution in [0.15, 0.2) is 0 Å². The molecule has 1 rings (SSSR count). The van der Waals surface area contributed by atoms with E-state index in [1.54, 1.807) is 0 Å². The van der Waals surface area contributed by atoms with E-state index in [1.807, 2.05) is 0 Å². The average Bonchev–Trinajstić information content (AvgIpc) is 2.37. The maximum absolute atomic E-state index is 5.80. The van der Waals surface area contributed by atoms with Crippen molar-refractivity contribution >= 4 is 9.52 Å². The van der Waals surface area contributed by atoms with E-state index in [1.165, 1.54) is 45.2 Å². The summed E-state index contributed by atoms with van der Waals surface area (Å²) in [4.78, 5) is 5.00. The number of nitrogens with zero attached hydrogens (tertiary/aromatic N) is 2. The van der Waals surface area contributed by atoms with E-state index in [4.69, 9.17) is 9.47 Å². The zero-order chi connectivity index (χ0) is 14.1. The van der Waals surface area contributed by atoms with Gasteiger partial charge in [-0.05, 0) is 40.8 Å². The lowest BCUT2D eigenvalue weighted by Crippen LogP contribution is -2.45. The summed E-state index contributed by atoms with van der Waals surface area (Å²) in [5.74, 6) is 0. The normalized spacial score (nSPS) is 19.6. The lowest BCUT2D eigenvalue weighted by atomic mass is 10.3. The lowest BCUT2D eigenvalue weighted by molar-refractivity contribution is -0.163. The van der Waals surface area contributed by atoms with Gasteiger partial charge in [-0.15, -0.1) is 0 Å². The van der Waals surface area contributed by atoms with Crippen molar-refractivity contribution in [2.75, 3.05) is 53.0 Å². The molecule has 0 N–H and O–H groups in total. The van der Waals surface area contributed by atoms with Gasteiger partial charge in [0.05, 0.1) is 9.52 Å². The van der Waals surface area contributed by atoms with E-state index in [9.17, 15) is 0 Å². The highest BCUT2D eigenvalue weighted by Gasteiger charge is 2.24.